The maximum absolute atomic E-state index is 9.98. The molecule has 17 heavy (non-hydrogen) atoms. The molecule has 0 aromatic heterocycles. The molecule has 1 rings (SSSR count). The highest BCUT2D eigenvalue weighted by atomic mass is 16.3. The van der Waals surface area contributed by atoms with Crippen molar-refractivity contribution in [3.63, 3.8) is 0 Å². The molecule has 0 aliphatic carbocycles. The molecule has 1 heteroatoms. The Labute approximate surface area is 104 Å². The predicted octanol–water partition coefficient (Wildman–Crippen LogP) is 4.19. The van der Waals surface area contributed by atoms with Gasteiger partial charge in [-0.2, -0.15) is 0 Å². The summed E-state index contributed by atoms with van der Waals surface area (Å²) in [6.45, 7) is 7.76. The maximum Gasteiger partial charge on any atom is 0.0824 e. The van der Waals surface area contributed by atoms with Crippen LogP contribution < -0.4 is 0 Å². The van der Waals surface area contributed by atoms with Crippen LogP contribution in [0.4, 0.5) is 0 Å². The van der Waals surface area contributed by atoms with E-state index in [9.17, 15) is 5.11 Å². The van der Waals surface area contributed by atoms with Crippen molar-refractivity contribution in [2.24, 2.45) is 0 Å². The molecule has 1 atom stereocenters. The highest BCUT2D eigenvalue weighted by Gasteiger charge is 2.03. The van der Waals surface area contributed by atoms with Crippen molar-refractivity contribution in [3.05, 3.63) is 71.8 Å². The fourth-order valence-electron chi connectivity index (χ4n) is 1.59. The van der Waals surface area contributed by atoms with Crippen LogP contribution in [0.25, 0.3) is 0 Å². The third-order valence-electron chi connectivity index (χ3n) is 2.62. The van der Waals surface area contributed by atoms with Crippen LogP contribution in [0.3, 0.4) is 0 Å². The molecule has 0 aliphatic rings. The Morgan fingerprint density at radius 2 is 1.88 bits per heavy atom. The SMILES string of the molecule is C=C/C(C)=C/C(C)=C\CC(O)c1ccccc1. The van der Waals surface area contributed by atoms with Gasteiger partial charge < -0.3 is 5.11 Å². The van der Waals surface area contributed by atoms with Gasteiger partial charge >= 0.3 is 0 Å². The van der Waals surface area contributed by atoms with E-state index in [0.29, 0.717) is 6.42 Å². The van der Waals surface area contributed by atoms with Gasteiger partial charge in [-0.25, -0.2) is 0 Å². The highest BCUT2D eigenvalue weighted by molar-refractivity contribution is 5.27. The lowest BCUT2D eigenvalue weighted by Gasteiger charge is -2.08. The first-order chi connectivity index (χ1) is 8.13. The van der Waals surface area contributed by atoms with Gasteiger partial charge in [0, 0.05) is 0 Å². The van der Waals surface area contributed by atoms with Crippen molar-refractivity contribution < 1.29 is 5.11 Å². The first-order valence-electron chi connectivity index (χ1n) is 5.84. The molecule has 1 aromatic rings. The van der Waals surface area contributed by atoms with Crippen molar-refractivity contribution in [2.45, 2.75) is 26.4 Å². The molecular formula is C16H20O. The van der Waals surface area contributed by atoms with Crippen LogP contribution in [-0.4, -0.2) is 5.11 Å². The van der Waals surface area contributed by atoms with E-state index in [-0.39, 0.29) is 0 Å². The minimum absolute atomic E-state index is 0.427. The highest BCUT2D eigenvalue weighted by Crippen LogP contribution is 2.17. The van der Waals surface area contributed by atoms with Gasteiger partial charge in [0.2, 0.25) is 0 Å². The quantitative estimate of drug-likeness (QED) is 0.749. The van der Waals surface area contributed by atoms with E-state index in [0.717, 1.165) is 16.7 Å². The Hall–Kier alpha value is -1.60. The van der Waals surface area contributed by atoms with Gasteiger partial charge in [-0.05, 0) is 25.8 Å². The lowest BCUT2D eigenvalue weighted by atomic mass is 10.0. The fraction of sp³-hybridized carbons (Fsp3) is 0.250. The van der Waals surface area contributed by atoms with E-state index < -0.39 is 6.10 Å². The minimum atomic E-state index is -0.427. The van der Waals surface area contributed by atoms with E-state index in [1.54, 1.807) is 0 Å². The summed E-state index contributed by atoms with van der Waals surface area (Å²) in [5, 5.41) is 9.98. The van der Waals surface area contributed by atoms with Crippen LogP contribution in [0.15, 0.2) is 66.3 Å². The zero-order valence-corrected chi connectivity index (χ0v) is 10.6. The smallest absolute Gasteiger partial charge is 0.0824 e. The molecule has 0 saturated carbocycles. The Balaban J connectivity index is 2.62. The number of aliphatic hydroxyl groups excluding tert-OH is 1. The van der Waals surface area contributed by atoms with Gasteiger partial charge in [0.25, 0.3) is 0 Å². The van der Waals surface area contributed by atoms with Crippen molar-refractivity contribution >= 4 is 0 Å². The number of rotatable bonds is 5. The van der Waals surface area contributed by atoms with Crippen molar-refractivity contribution in [1.82, 2.24) is 0 Å². The minimum Gasteiger partial charge on any atom is -0.388 e. The summed E-state index contributed by atoms with van der Waals surface area (Å²) in [6.07, 6.45) is 6.14. The van der Waals surface area contributed by atoms with E-state index in [1.807, 2.05) is 56.3 Å². The van der Waals surface area contributed by atoms with Gasteiger partial charge in [-0.15, -0.1) is 0 Å². The van der Waals surface area contributed by atoms with E-state index in [1.165, 1.54) is 0 Å². The Bertz CT molecular complexity index is 412. The van der Waals surface area contributed by atoms with Crippen LogP contribution in [0, 0.1) is 0 Å². The predicted molar refractivity (Wildman–Crippen MR) is 73.7 cm³/mol. The molecule has 0 bridgehead atoms. The molecule has 0 radical (unpaired) electrons. The Morgan fingerprint density at radius 1 is 1.24 bits per heavy atom. The van der Waals surface area contributed by atoms with Crippen LogP contribution in [0.1, 0.15) is 31.9 Å². The summed E-state index contributed by atoms with van der Waals surface area (Å²) in [4.78, 5) is 0. The molecule has 0 amide bonds. The molecule has 1 unspecified atom stereocenters. The summed E-state index contributed by atoms with van der Waals surface area (Å²) in [7, 11) is 0. The van der Waals surface area contributed by atoms with Gasteiger partial charge in [0.1, 0.15) is 0 Å². The molecule has 0 aliphatic heterocycles. The van der Waals surface area contributed by atoms with Crippen molar-refractivity contribution in [2.75, 3.05) is 0 Å². The van der Waals surface area contributed by atoms with Gasteiger partial charge in [0.05, 0.1) is 6.10 Å². The summed E-state index contributed by atoms with van der Waals surface area (Å²) < 4.78 is 0. The monoisotopic (exact) mass is 228 g/mol. The molecular weight excluding hydrogens is 208 g/mol. The lowest BCUT2D eigenvalue weighted by Crippen LogP contribution is -1.95. The molecule has 0 heterocycles. The van der Waals surface area contributed by atoms with Crippen LogP contribution in [-0.2, 0) is 0 Å². The standard InChI is InChI=1S/C16H20O/c1-4-13(2)12-14(3)10-11-16(17)15-8-6-5-7-9-15/h4-10,12,16-17H,1,11H2,2-3H3/b13-12+,14-10-. The normalized spacial score (nSPS) is 14.5. The second-order valence-electron chi connectivity index (χ2n) is 4.20. The maximum atomic E-state index is 9.98. The number of hydrogen-bond acceptors (Lipinski definition) is 1. The third kappa shape index (κ3) is 4.83. The second kappa shape index (κ2) is 6.87. The molecule has 0 spiro atoms. The topological polar surface area (TPSA) is 20.2 Å². The van der Waals surface area contributed by atoms with E-state index in [4.69, 9.17) is 0 Å². The van der Waals surface area contributed by atoms with Gasteiger partial charge in [0.15, 0.2) is 0 Å². The summed E-state index contributed by atoms with van der Waals surface area (Å²) in [6, 6.07) is 9.72. The van der Waals surface area contributed by atoms with Crippen LogP contribution >= 0.6 is 0 Å². The second-order valence-corrected chi connectivity index (χ2v) is 4.20. The zero-order chi connectivity index (χ0) is 12.7. The van der Waals surface area contributed by atoms with Crippen LogP contribution in [0.2, 0.25) is 0 Å². The fourth-order valence-corrected chi connectivity index (χ4v) is 1.59. The molecule has 0 fully saturated rings. The molecule has 1 aromatic carbocycles. The van der Waals surface area contributed by atoms with Crippen molar-refractivity contribution in [3.8, 4) is 0 Å². The Kier molecular flexibility index (Phi) is 5.44. The van der Waals surface area contributed by atoms with Crippen LogP contribution in [0.5, 0.6) is 0 Å². The summed E-state index contributed by atoms with van der Waals surface area (Å²) in [5.41, 5.74) is 3.24. The van der Waals surface area contributed by atoms with E-state index in [2.05, 4.69) is 12.7 Å². The number of hydrogen-bond donors (Lipinski definition) is 1. The average molecular weight is 228 g/mol. The zero-order valence-electron chi connectivity index (χ0n) is 10.6. The summed E-state index contributed by atoms with van der Waals surface area (Å²) >= 11 is 0. The van der Waals surface area contributed by atoms with Gasteiger partial charge in [-0.3, -0.25) is 0 Å². The van der Waals surface area contributed by atoms with E-state index >= 15 is 0 Å². The number of aliphatic hydroxyl groups is 1. The first-order valence-corrected chi connectivity index (χ1v) is 5.84. The molecule has 1 nitrogen and oxygen atoms in total. The van der Waals surface area contributed by atoms with Gasteiger partial charge in [-0.1, -0.05) is 66.3 Å². The summed E-state index contributed by atoms with van der Waals surface area (Å²) in [5.74, 6) is 0. The molecule has 90 valence electrons. The largest absolute Gasteiger partial charge is 0.388 e. The molecule has 1 N–H and O–H groups in total. The first kappa shape index (κ1) is 13.5. The molecule has 0 saturated heterocycles. The number of allylic oxidation sites excluding steroid dienone is 4. The Morgan fingerprint density at radius 3 is 2.47 bits per heavy atom. The average Bonchev–Trinajstić information content (AvgIpc) is 2.36. The third-order valence-corrected chi connectivity index (χ3v) is 2.62. The number of benzene rings is 1. The van der Waals surface area contributed by atoms with Crippen molar-refractivity contribution in [1.29, 1.82) is 0 Å². The lowest BCUT2D eigenvalue weighted by molar-refractivity contribution is 0.181.